The predicted molar refractivity (Wildman–Crippen MR) is 116 cm³/mol. The molecular weight excluding hydrogens is 404 g/mol. The van der Waals surface area contributed by atoms with Crippen LogP contribution in [-0.2, 0) is 4.79 Å². The third-order valence-electron chi connectivity index (χ3n) is 4.73. The van der Waals surface area contributed by atoms with Crippen molar-refractivity contribution in [2.24, 2.45) is 0 Å². The molecule has 8 nitrogen and oxygen atoms in total. The summed E-state index contributed by atoms with van der Waals surface area (Å²) in [5.41, 5.74) is 2.10. The predicted octanol–water partition coefficient (Wildman–Crippen LogP) is 4.48. The number of fused-ring (bicyclic) bond motifs is 2. The quantitative estimate of drug-likeness (QED) is 0.402. The first-order valence-electron chi connectivity index (χ1n) is 9.65. The molecule has 30 heavy (non-hydrogen) atoms. The molecule has 0 aliphatic rings. The Hall–Kier alpha value is -3.26. The largest absolute Gasteiger partial charge is 0.477 e. The van der Waals surface area contributed by atoms with Gasteiger partial charge in [-0.2, -0.15) is 0 Å². The Morgan fingerprint density at radius 1 is 1.30 bits per heavy atom. The number of benzene rings is 1. The number of Topliss-reactive ketones (excluding diaryl/α,β-unsaturated/α-hetero) is 1. The van der Waals surface area contributed by atoms with Crippen molar-refractivity contribution in [1.29, 1.82) is 0 Å². The van der Waals surface area contributed by atoms with E-state index in [1.165, 1.54) is 6.33 Å². The van der Waals surface area contributed by atoms with E-state index >= 15 is 0 Å². The van der Waals surface area contributed by atoms with Crippen molar-refractivity contribution in [3.05, 3.63) is 47.6 Å². The van der Waals surface area contributed by atoms with Crippen molar-refractivity contribution < 1.29 is 9.53 Å². The van der Waals surface area contributed by atoms with Crippen LogP contribution in [0.1, 0.15) is 38.4 Å². The van der Waals surface area contributed by atoms with Crippen LogP contribution in [0, 0.1) is 0 Å². The van der Waals surface area contributed by atoms with Gasteiger partial charge >= 0.3 is 0 Å². The molecule has 0 unspecified atom stereocenters. The third kappa shape index (κ3) is 4.18. The van der Waals surface area contributed by atoms with E-state index in [4.69, 9.17) is 21.3 Å². The highest BCUT2D eigenvalue weighted by atomic mass is 35.5. The number of ketones is 1. The number of aromatic amines is 1. The second-order valence-corrected chi connectivity index (χ2v) is 7.44. The number of aromatic nitrogens is 5. The van der Waals surface area contributed by atoms with Gasteiger partial charge in [-0.1, -0.05) is 23.7 Å². The van der Waals surface area contributed by atoms with Crippen LogP contribution in [0.3, 0.4) is 0 Å². The smallest absolute Gasteiger partial charge is 0.223 e. The summed E-state index contributed by atoms with van der Waals surface area (Å²) >= 11 is 6.42. The molecule has 0 saturated heterocycles. The summed E-state index contributed by atoms with van der Waals surface area (Å²) in [5, 5.41) is 5.62. The highest BCUT2D eigenvalue weighted by molar-refractivity contribution is 6.36. The number of pyridine rings is 1. The molecule has 0 aliphatic carbocycles. The summed E-state index contributed by atoms with van der Waals surface area (Å²) in [6.07, 6.45) is 4.14. The van der Waals surface area contributed by atoms with Gasteiger partial charge in [-0.25, -0.2) is 19.9 Å². The van der Waals surface area contributed by atoms with E-state index in [9.17, 15) is 4.79 Å². The molecule has 4 rings (SSSR count). The topological polar surface area (TPSA) is 106 Å². The van der Waals surface area contributed by atoms with Crippen LogP contribution in [0.2, 0.25) is 5.02 Å². The number of imidazole rings is 1. The van der Waals surface area contributed by atoms with Gasteiger partial charge in [-0.15, -0.1) is 0 Å². The molecule has 0 amide bonds. The molecule has 1 atom stereocenters. The third-order valence-corrected chi connectivity index (χ3v) is 5.04. The van der Waals surface area contributed by atoms with E-state index in [-0.39, 0.29) is 11.8 Å². The van der Waals surface area contributed by atoms with Gasteiger partial charge < -0.3 is 19.8 Å². The van der Waals surface area contributed by atoms with Gasteiger partial charge in [-0.05, 0) is 37.8 Å². The first-order valence-corrected chi connectivity index (χ1v) is 10.0. The number of halogens is 1. The molecule has 0 bridgehead atoms. The number of carbonyl (C=O) groups excluding carboxylic acids is 1. The van der Waals surface area contributed by atoms with Crippen molar-refractivity contribution in [3.8, 4) is 5.88 Å². The summed E-state index contributed by atoms with van der Waals surface area (Å²) < 4.78 is 5.93. The van der Waals surface area contributed by atoms with Gasteiger partial charge in [0.2, 0.25) is 5.88 Å². The number of rotatable bonds is 8. The fraction of sp³-hybridized carbons (Fsp3) is 0.286. The van der Waals surface area contributed by atoms with Gasteiger partial charge in [0.15, 0.2) is 11.5 Å². The minimum Gasteiger partial charge on any atom is -0.477 e. The number of ether oxygens (including phenoxy) is 1. The second kappa shape index (κ2) is 8.62. The van der Waals surface area contributed by atoms with E-state index in [0.29, 0.717) is 41.8 Å². The van der Waals surface area contributed by atoms with Crippen LogP contribution in [0.25, 0.3) is 21.9 Å². The lowest BCUT2D eigenvalue weighted by atomic mass is 10.1. The van der Waals surface area contributed by atoms with Gasteiger partial charge in [0.25, 0.3) is 0 Å². The minimum absolute atomic E-state index is 0.135. The molecule has 4 aromatic rings. The maximum atomic E-state index is 11.2. The summed E-state index contributed by atoms with van der Waals surface area (Å²) in [6.45, 7) is 3.95. The summed E-state index contributed by atoms with van der Waals surface area (Å²) in [5.74, 6) is 1.23. The number of carbonyl (C=O) groups is 1. The van der Waals surface area contributed by atoms with Crippen molar-refractivity contribution in [1.82, 2.24) is 24.9 Å². The Morgan fingerprint density at radius 2 is 2.17 bits per heavy atom. The molecule has 3 heterocycles. The number of H-pyrrole nitrogens is 1. The van der Waals surface area contributed by atoms with E-state index in [1.807, 2.05) is 31.2 Å². The molecular formula is C21H21ClN6O2. The van der Waals surface area contributed by atoms with E-state index in [1.54, 1.807) is 13.3 Å². The van der Waals surface area contributed by atoms with Crippen molar-refractivity contribution in [2.45, 2.75) is 32.7 Å². The molecule has 0 saturated carbocycles. The van der Waals surface area contributed by atoms with Crippen molar-refractivity contribution in [3.63, 3.8) is 0 Å². The zero-order valence-electron chi connectivity index (χ0n) is 16.6. The van der Waals surface area contributed by atoms with Crippen LogP contribution >= 0.6 is 11.6 Å². The van der Waals surface area contributed by atoms with Gasteiger partial charge in [0, 0.05) is 6.42 Å². The maximum absolute atomic E-state index is 11.2. The van der Waals surface area contributed by atoms with Gasteiger partial charge in [0.1, 0.15) is 17.6 Å². The Kier molecular flexibility index (Phi) is 5.76. The lowest BCUT2D eigenvalue weighted by Gasteiger charge is -2.17. The number of hydrogen-bond acceptors (Lipinski definition) is 7. The Morgan fingerprint density at radius 3 is 3.00 bits per heavy atom. The molecule has 154 valence electrons. The van der Waals surface area contributed by atoms with E-state index in [0.717, 1.165) is 22.0 Å². The average Bonchev–Trinajstić information content (AvgIpc) is 3.20. The molecule has 1 aromatic carbocycles. The maximum Gasteiger partial charge on any atom is 0.223 e. The zero-order chi connectivity index (χ0) is 21.1. The lowest BCUT2D eigenvalue weighted by Crippen LogP contribution is -2.12. The lowest BCUT2D eigenvalue weighted by molar-refractivity contribution is -0.117. The van der Waals surface area contributed by atoms with Crippen LogP contribution < -0.4 is 10.1 Å². The highest BCUT2D eigenvalue weighted by Gasteiger charge is 2.16. The normalized spacial score (nSPS) is 12.2. The van der Waals surface area contributed by atoms with Crippen LogP contribution in [0.15, 0.2) is 36.9 Å². The zero-order valence-corrected chi connectivity index (χ0v) is 17.4. The van der Waals surface area contributed by atoms with E-state index < -0.39 is 0 Å². The molecule has 0 spiro atoms. The molecule has 0 fully saturated rings. The molecule has 0 aliphatic heterocycles. The number of nitrogens with zero attached hydrogens (tertiary/aromatic N) is 4. The average molecular weight is 425 g/mol. The summed E-state index contributed by atoms with van der Waals surface area (Å²) in [4.78, 5) is 31.6. The Bertz CT molecular complexity index is 1210. The number of anilines is 1. The SMILES string of the molecule is CC(=O)CCCOc1nc([C@H](C)Nc2ncnc3nc[nH]c23)cc2cccc(Cl)c12. The highest BCUT2D eigenvalue weighted by Crippen LogP contribution is 2.33. The number of hydrogen-bond donors (Lipinski definition) is 2. The second-order valence-electron chi connectivity index (χ2n) is 7.03. The molecule has 9 heteroatoms. The van der Waals surface area contributed by atoms with Crippen LogP contribution in [0.4, 0.5) is 5.82 Å². The van der Waals surface area contributed by atoms with Crippen LogP contribution in [0.5, 0.6) is 5.88 Å². The molecule has 0 radical (unpaired) electrons. The fourth-order valence-corrected chi connectivity index (χ4v) is 3.48. The van der Waals surface area contributed by atoms with Gasteiger partial charge in [-0.3, -0.25) is 0 Å². The summed E-state index contributed by atoms with van der Waals surface area (Å²) in [6, 6.07) is 7.48. The number of nitrogens with one attached hydrogen (secondary N) is 2. The summed E-state index contributed by atoms with van der Waals surface area (Å²) in [7, 11) is 0. The Labute approximate surface area is 178 Å². The first kappa shape index (κ1) is 20.0. The molecule has 2 N–H and O–H groups in total. The monoisotopic (exact) mass is 424 g/mol. The Balaban J connectivity index is 1.64. The standard InChI is InChI=1S/C21H21ClN6O2/c1-12(29)5-4-8-30-21-17-14(6-3-7-15(17)22)9-16(28-21)13(2)27-20-18-19(24-10-23-18)25-11-26-20/h3,6-7,9-11,13H,4-5,8H2,1-2H3,(H2,23,24,25,26,27)/t13-/m0/s1. The first-order chi connectivity index (χ1) is 14.5. The van der Waals surface area contributed by atoms with Crippen molar-refractivity contribution in [2.75, 3.05) is 11.9 Å². The fourth-order valence-electron chi connectivity index (χ4n) is 3.22. The van der Waals surface area contributed by atoms with Crippen molar-refractivity contribution >= 4 is 45.1 Å². The van der Waals surface area contributed by atoms with Gasteiger partial charge in [0.05, 0.1) is 35.1 Å². The minimum atomic E-state index is -0.172. The van der Waals surface area contributed by atoms with Crippen LogP contribution in [-0.4, -0.2) is 37.3 Å². The van der Waals surface area contributed by atoms with E-state index in [2.05, 4.69) is 25.3 Å². The molecule has 3 aromatic heterocycles.